The van der Waals surface area contributed by atoms with Gasteiger partial charge in [0.05, 0.1) is 24.7 Å². The van der Waals surface area contributed by atoms with Crippen LogP contribution in [0.2, 0.25) is 0 Å². The number of ether oxygens (including phenoxy) is 1. The summed E-state index contributed by atoms with van der Waals surface area (Å²) in [7, 11) is 0. The summed E-state index contributed by atoms with van der Waals surface area (Å²) >= 11 is 0. The Balaban J connectivity index is 2.42. The molecule has 0 saturated heterocycles. The van der Waals surface area contributed by atoms with Crippen molar-refractivity contribution in [1.29, 1.82) is 0 Å². The van der Waals surface area contributed by atoms with E-state index in [-0.39, 0.29) is 0 Å². The maximum absolute atomic E-state index is 5.56. The molecule has 1 rings (SSSR count). The summed E-state index contributed by atoms with van der Waals surface area (Å²) in [5.41, 5.74) is 1.03. The number of nitrogens with one attached hydrogen (secondary N) is 1. The van der Waals surface area contributed by atoms with Crippen molar-refractivity contribution in [3.8, 4) is 5.75 Å². The fraction of sp³-hybridized carbons (Fsp3) is 0.583. The van der Waals surface area contributed by atoms with E-state index < -0.39 is 0 Å². The molecule has 0 spiro atoms. The number of hydrogen-bond acceptors (Lipinski definition) is 3. The predicted molar refractivity (Wildman–Crippen MR) is 63.4 cm³/mol. The summed E-state index contributed by atoms with van der Waals surface area (Å²) in [5, 5.41) is 3.28. The molecule has 0 aliphatic carbocycles. The molecule has 0 atom stereocenters. The molecule has 3 nitrogen and oxygen atoms in total. The van der Waals surface area contributed by atoms with Crippen LogP contribution < -0.4 is 10.1 Å². The average Bonchev–Trinajstić information content (AvgIpc) is 2.27. The van der Waals surface area contributed by atoms with E-state index in [2.05, 4.69) is 24.1 Å². The van der Waals surface area contributed by atoms with Crippen LogP contribution in [0.25, 0.3) is 0 Å². The number of aromatic nitrogens is 1. The van der Waals surface area contributed by atoms with Crippen molar-refractivity contribution in [2.75, 3.05) is 18.5 Å². The largest absolute Gasteiger partial charge is 0.492 e. The van der Waals surface area contributed by atoms with Gasteiger partial charge < -0.3 is 10.1 Å². The Hall–Kier alpha value is -1.25. The molecule has 0 aromatic carbocycles. The van der Waals surface area contributed by atoms with Gasteiger partial charge in [0.25, 0.3) is 0 Å². The predicted octanol–water partition coefficient (Wildman–Crippen LogP) is 3.08. The van der Waals surface area contributed by atoms with Gasteiger partial charge in [-0.3, -0.25) is 4.98 Å². The third-order valence-corrected chi connectivity index (χ3v) is 2.06. The Morgan fingerprint density at radius 2 is 2.13 bits per heavy atom. The first-order valence-corrected chi connectivity index (χ1v) is 5.68. The van der Waals surface area contributed by atoms with Gasteiger partial charge in [0, 0.05) is 12.6 Å². The van der Waals surface area contributed by atoms with Gasteiger partial charge in [-0.2, -0.15) is 0 Å². The first kappa shape index (κ1) is 11.8. The van der Waals surface area contributed by atoms with Crippen LogP contribution in [0.15, 0.2) is 18.5 Å². The lowest BCUT2D eigenvalue weighted by Gasteiger charge is -2.08. The third kappa shape index (κ3) is 4.68. The van der Waals surface area contributed by atoms with E-state index in [0.29, 0.717) is 0 Å². The number of unbranched alkanes of at least 4 members (excludes halogenated alkanes) is 1. The highest BCUT2D eigenvalue weighted by atomic mass is 16.5. The van der Waals surface area contributed by atoms with Gasteiger partial charge in [-0.05, 0) is 12.8 Å². The van der Waals surface area contributed by atoms with Crippen molar-refractivity contribution >= 4 is 5.69 Å². The van der Waals surface area contributed by atoms with Crippen molar-refractivity contribution < 1.29 is 4.74 Å². The van der Waals surface area contributed by atoms with Crippen molar-refractivity contribution in [3.05, 3.63) is 18.5 Å². The molecule has 0 saturated carbocycles. The zero-order chi connectivity index (χ0) is 10.9. The van der Waals surface area contributed by atoms with Crippen LogP contribution in [0.5, 0.6) is 5.75 Å². The second-order valence-electron chi connectivity index (χ2n) is 3.54. The Bertz CT molecular complexity index is 276. The summed E-state index contributed by atoms with van der Waals surface area (Å²) < 4.78 is 5.56. The van der Waals surface area contributed by atoms with Crippen LogP contribution in [0.1, 0.15) is 33.1 Å². The van der Waals surface area contributed by atoms with E-state index in [1.807, 2.05) is 12.3 Å². The number of anilines is 1. The minimum Gasteiger partial charge on any atom is -0.492 e. The van der Waals surface area contributed by atoms with Gasteiger partial charge in [0.2, 0.25) is 0 Å². The van der Waals surface area contributed by atoms with Crippen molar-refractivity contribution in [1.82, 2.24) is 4.98 Å². The standard InChI is InChI=1S/C12H20N2O/c1-3-5-7-15-12-8-11(9-13-10-12)14-6-4-2/h8-10,14H,3-7H2,1-2H3. The molecule has 0 amide bonds. The molecule has 84 valence electrons. The van der Waals surface area contributed by atoms with E-state index in [1.165, 1.54) is 0 Å². The molecule has 0 bridgehead atoms. The molecule has 3 heteroatoms. The molecular formula is C12H20N2O. The molecule has 0 unspecified atom stereocenters. The highest BCUT2D eigenvalue weighted by molar-refractivity contribution is 5.44. The van der Waals surface area contributed by atoms with Crippen molar-refractivity contribution in [2.45, 2.75) is 33.1 Å². The Kier molecular flexibility index (Phi) is 5.59. The molecule has 0 aliphatic rings. The topological polar surface area (TPSA) is 34.1 Å². The lowest BCUT2D eigenvalue weighted by Crippen LogP contribution is -2.01. The van der Waals surface area contributed by atoms with E-state index in [4.69, 9.17) is 4.74 Å². The van der Waals surface area contributed by atoms with Crippen LogP contribution in [0.3, 0.4) is 0 Å². The van der Waals surface area contributed by atoms with Crippen LogP contribution in [-0.4, -0.2) is 18.1 Å². The molecule has 1 aromatic rings. The number of nitrogens with zero attached hydrogens (tertiary/aromatic N) is 1. The minimum absolute atomic E-state index is 0.773. The lowest BCUT2D eigenvalue weighted by molar-refractivity contribution is 0.308. The van der Waals surface area contributed by atoms with Gasteiger partial charge >= 0.3 is 0 Å². The molecule has 0 aliphatic heterocycles. The maximum Gasteiger partial charge on any atom is 0.139 e. The number of rotatable bonds is 7. The first-order chi connectivity index (χ1) is 7.36. The smallest absolute Gasteiger partial charge is 0.139 e. The molecule has 1 heterocycles. The Morgan fingerprint density at radius 3 is 2.87 bits per heavy atom. The molecule has 1 aromatic heterocycles. The van der Waals surface area contributed by atoms with Crippen LogP contribution in [0, 0.1) is 0 Å². The van der Waals surface area contributed by atoms with Gasteiger partial charge in [-0.1, -0.05) is 20.3 Å². The molecule has 0 radical (unpaired) electrons. The zero-order valence-corrected chi connectivity index (χ0v) is 9.62. The SMILES string of the molecule is CCCCOc1cncc(NCCC)c1. The highest BCUT2D eigenvalue weighted by Crippen LogP contribution is 2.15. The quantitative estimate of drug-likeness (QED) is 0.699. The second-order valence-corrected chi connectivity index (χ2v) is 3.54. The zero-order valence-electron chi connectivity index (χ0n) is 9.62. The van der Waals surface area contributed by atoms with Crippen LogP contribution in [-0.2, 0) is 0 Å². The summed E-state index contributed by atoms with van der Waals surface area (Å²) in [6.07, 6.45) is 6.93. The molecule has 15 heavy (non-hydrogen) atoms. The lowest BCUT2D eigenvalue weighted by atomic mass is 10.3. The van der Waals surface area contributed by atoms with E-state index in [0.717, 1.165) is 43.9 Å². The first-order valence-electron chi connectivity index (χ1n) is 5.68. The van der Waals surface area contributed by atoms with E-state index in [1.54, 1.807) is 6.20 Å². The second kappa shape index (κ2) is 7.10. The minimum atomic E-state index is 0.773. The van der Waals surface area contributed by atoms with Crippen LogP contribution in [0.4, 0.5) is 5.69 Å². The van der Waals surface area contributed by atoms with Crippen LogP contribution >= 0.6 is 0 Å². The van der Waals surface area contributed by atoms with Gasteiger partial charge in [0.15, 0.2) is 0 Å². The average molecular weight is 208 g/mol. The van der Waals surface area contributed by atoms with Gasteiger partial charge in [0.1, 0.15) is 5.75 Å². The Labute approximate surface area is 91.9 Å². The Morgan fingerprint density at radius 1 is 1.27 bits per heavy atom. The molecule has 0 fully saturated rings. The molecular weight excluding hydrogens is 188 g/mol. The maximum atomic E-state index is 5.56. The third-order valence-electron chi connectivity index (χ3n) is 2.06. The molecule has 1 N–H and O–H groups in total. The number of hydrogen-bond donors (Lipinski definition) is 1. The summed E-state index contributed by atoms with van der Waals surface area (Å²) in [5.74, 6) is 0.851. The fourth-order valence-corrected chi connectivity index (χ4v) is 1.20. The number of pyridine rings is 1. The van der Waals surface area contributed by atoms with E-state index in [9.17, 15) is 0 Å². The summed E-state index contributed by atoms with van der Waals surface area (Å²) in [6, 6.07) is 2.00. The summed E-state index contributed by atoms with van der Waals surface area (Å²) in [6.45, 7) is 6.04. The highest BCUT2D eigenvalue weighted by Gasteiger charge is 1.96. The fourth-order valence-electron chi connectivity index (χ4n) is 1.20. The monoisotopic (exact) mass is 208 g/mol. The van der Waals surface area contributed by atoms with Crippen molar-refractivity contribution in [2.24, 2.45) is 0 Å². The van der Waals surface area contributed by atoms with Crippen molar-refractivity contribution in [3.63, 3.8) is 0 Å². The summed E-state index contributed by atoms with van der Waals surface area (Å²) in [4.78, 5) is 4.13. The van der Waals surface area contributed by atoms with Gasteiger partial charge in [-0.25, -0.2) is 0 Å². The normalized spacial score (nSPS) is 10.0. The van der Waals surface area contributed by atoms with Gasteiger partial charge in [-0.15, -0.1) is 0 Å². The van der Waals surface area contributed by atoms with E-state index >= 15 is 0 Å².